The Morgan fingerprint density at radius 2 is 1.37 bits per heavy atom. The van der Waals surface area contributed by atoms with Gasteiger partial charge in [0.25, 0.3) is 0 Å². The lowest BCUT2D eigenvalue weighted by Crippen LogP contribution is -2.48. The lowest BCUT2D eigenvalue weighted by Gasteiger charge is -2.40. The maximum atomic E-state index is 10.2. The van der Waals surface area contributed by atoms with Gasteiger partial charge >= 0.3 is 0 Å². The van der Waals surface area contributed by atoms with Gasteiger partial charge in [-0.1, -0.05) is 74.5 Å². The zero-order valence-corrected chi connectivity index (χ0v) is 17.3. The Labute approximate surface area is 165 Å². The second kappa shape index (κ2) is 10.6. The molecule has 0 saturated carbocycles. The van der Waals surface area contributed by atoms with E-state index in [2.05, 4.69) is 65.6 Å². The SMILES string of the molecule is CC.CC(C)(O)[C@@H]1CCC(N(Cc2ccccc2)Cc2ccccc2)CO1. The van der Waals surface area contributed by atoms with E-state index in [9.17, 15) is 5.11 Å². The van der Waals surface area contributed by atoms with Gasteiger partial charge in [-0.15, -0.1) is 0 Å². The van der Waals surface area contributed by atoms with Crippen molar-refractivity contribution in [3.8, 4) is 0 Å². The second-order valence-corrected chi connectivity index (χ2v) is 7.58. The fourth-order valence-electron chi connectivity index (χ4n) is 3.53. The van der Waals surface area contributed by atoms with Crippen LogP contribution < -0.4 is 0 Å². The molecule has 2 aromatic carbocycles. The number of hydrogen-bond acceptors (Lipinski definition) is 3. The number of ether oxygens (including phenoxy) is 1. The van der Waals surface area contributed by atoms with Crippen molar-refractivity contribution in [1.29, 1.82) is 0 Å². The summed E-state index contributed by atoms with van der Waals surface area (Å²) in [5, 5.41) is 10.2. The Kier molecular flexibility index (Phi) is 8.49. The average molecular weight is 370 g/mol. The van der Waals surface area contributed by atoms with Gasteiger partial charge in [0.15, 0.2) is 0 Å². The van der Waals surface area contributed by atoms with Crippen LogP contribution in [0.3, 0.4) is 0 Å². The molecule has 1 heterocycles. The molecule has 1 aliphatic rings. The topological polar surface area (TPSA) is 32.7 Å². The van der Waals surface area contributed by atoms with Gasteiger partial charge in [0.05, 0.1) is 18.3 Å². The Bertz CT molecular complexity index is 587. The molecule has 0 spiro atoms. The molecular weight excluding hydrogens is 334 g/mol. The maximum Gasteiger partial charge on any atom is 0.0857 e. The number of nitrogens with zero attached hydrogens (tertiary/aromatic N) is 1. The van der Waals surface area contributed by atoms with Gasteiger partial charge in [-0.3, -0.25) is 4.90 Å². The minimum Gasteiger partial charge on any atom is -0.388 e. The molecule has 0 amide bonds. The van der Waals surface area contributed by atoms with Crippen molar-refractivity contribution in [3.63, 3.8) is 0 Å². The number of rotatable bonds is 6. The predicted octanol–water partition coefficient (Wildman–Crippen LogP) is 5.03. The van der Waals surface area contributed by atoms with E-state index in [4.69, 9.17) is 4.74 Å². The van der Waals surface area contributed by atoms with E-state index < -0.39 is 5.60 Å². The molecule has 3 nitrogen and oxygen atoms in total. The Morgan fingerprint density at radius 1 is 0.889 bits per heavy atom. The Hall–Kier alpha value is -1.68. The summed E-state index contributed by atoms with van der Waals surface area (Å²) in [4.78, 5) is 2.51. The molecule has 0 radical (unpaired) electrons. The first-order valence-corrected chi connectivity index (χ1v) is 10.2. The summed E-state index contributed by atoms with van der Waals surface area (Å²) in [5.41, 5.74) is 1.88. The summed E-state index contributed by atoms with van der Waals surface area (Å²) >= 11 is 0. The molecule has 27 heavy (non-hydrogen) atoms. The fourth-order valence-corrected chi connectivity index (χ4v) is 3.53. The first-order valence-electron chi connectivity index (χ1n) is 10.2. The van der Waals surface area contributed by atoms with E-state index in [1.165, 1.54) is 11.1 Å². The van der Waals surface area contributed by atoms with Gasteiger partial charge in [-0.25, -0.2) is 0 Å². The van der Waals surface area contributed by atoms with Crippen molar-refractivity contribution in [2.45, 2.75) is 71.4 Å². The molecule has 1 saturated heterocycles. The van der Waals surface area contributed by atoms with Gasteiger partial charge in [-0.2, -0.15) is 0 Å². The van der Waals surface area contributed by atoms with Crippen LogP contribution in [0.4, 0.5) is 0 Å². The quantitative estimate of drug-likeness (QED) is 0.775. The zero-order chi connectivity index (χ0) is 19.7. The van der Waals surface area contributed by atoms with Gasteiger partial charge in [0, 0.05) is 19.1 Å². The highest BCUT2D eigenvalue weighted by molar-refractivity contribution is 5.17. The van der Waals surface area contributed by atoms with Crippen molar-refractivity contribution < 1.29 is 9.84 Å². The van der Waals surface area contributed by atoms with Crippen molar-refractivity contribution in [2.75, 3.05) is 6.61 Å². The van der Waals surface area contributed by atoms with Crippen LogP contribution in [0.1, 0.15) is 51.7 Å². The fraction of sp³-hybridized carbons (Fsp3) is 0.500. The average Bonchev–Trinajstić information content (AvgIpc) is 2.70. The van der Waals surface area contributed by atoms with Crippen molar-refractivity contribution in [2.24, 2.45) is 0 Å². The summed E-state index contributed by atoms with van der Waals surface area (Å²) < 4.78 is 6.02. The molecule has 0 aromatic heterocycles. The van der Waals surface area contributed by atoms with Crippen molar-refractivity contribution >= 4 is 0 Å². The maximum absolute atomic E-state index is 10.2. The molecule has 1 unspecified atom stereocenters. The zero-order valence-electron chi connectivity index (χ0n) is 17.3. The van der Waals surface area contributed by atoms with E-state index in [1.54, 1.807) is 0 Å². The van der Waals surface area contributed by atoms with E-state index in [0.717, 1.165) is 25.9 Å². The number of benzene rings is 2. The van der Waals surface area contributed by atoms with Crippen LogP contribution in [-0.2, 0) is 17.8 Å². The Morgan fingerprint density at radius 3 is 1.74 bits per heavy atom. The highest BCUT2D eigenvalue weighted by Gasteiger charge is 2.34. The lowest BCUT2D eigenvalue weighted by atomic mass is 9.92. The van der Waals surface area contributed by atoms with Crippen LogP contribution in [0.25, 0.3) is 0 Å². The molecule has 3 heteroatoms. The lowest BCUT2D eigenvalue weighted by molar-refractivity contribution is -0.129. The van der Waals surface area contributed by atoms with Gasteiger partial charge in [0.2, 0.25) is 0 Å². The highest BCUT2D eigenvalue weighted by atomic mass is 16.5. The summed E-state index contributed by atoms with van der Waals surface area (Å²) in [6, 6.07) is 21.6. The Balaban J connectivity index is 0.00000126. The molecule has 1 fully saturated rings. The standard InChI is InChI=1S/C22H29NO2.C2H6/c1-22(2,24)21-14-13-20(17-25-21)23(15-18-9-5-3-6-10-18)16-19-11-7-4-8-12-19;1-2/h3-12,20-21,24H,13-17H2,1-2H3;1-2H3/t20?,21-;/m0./s1. The van der Waals surface area contributed by atoms with Gasteiger partial charge in [-0.05, 0) is 37.8 Å². The van der Waals surface area contributed by atoms with Crippen LogP contribution in [0.5, 0.6) is 0 Å². The largest absolute Gasteiger partial charge is 0.388 e. The van der Waals surface area contributed by atoms with Gasteiger partial charge < -0.3 is 9.84 Å². The molecule has 148 valence electrons. The summed E-state index contributed by atoms with van der Waals surface area (Å²) in [6.07, 6.45) is 1.88. The summed E-state index contributed by atoms with van der Waals surface area (Å²) in [7, 11) is 0. The van der Waals surface area contributed by atoms with Crippen LogP contribution in [0.15, 0.2) is 60.7 Å². The number of aliphatic hydroxyl groups is 1. The molecule has 2 atom stereocenters. The smallest absolute Gasteiger partial charge is 0.0857 e. The van der Waals surface area contributed by atoms with Crippen LogP contribution in [0, 0.1) is 0 Å². The van der Waals surface area contributed by atoms with Crippen molar-refractivity contribution in [3.05, 3.63) is 71.8 Å². The van der Waals surface area contributed by atoms with Crippen molar-refractivity contribution in [1.82, 2.24) is 4.90 Å². The summed E-state index contributed by atoms with van der Waals surface area (Å²) in [6.45, 7) is 10.2. The molecule has 3 rings (SSSR count). The third kappa shape index (κ3) is 6.76. The molecule has 2 aromatic rings. The highest BCUT2D eigenvalue weighted by Crippen LogP contribution is 2.27. The molecule has 1 aliphatic heterocycles. The predicted molar refractivity (Wildman–Crippen MR) is 113 cm³/mol. The molecular formula is C24H35NO2. The molecule has 0 aliphatic carbocycles. The first-order chi connectivity index (χ1) is 13.0. The molecule has 0 bridgehead atoms. The third-order valence-corrected chi connectivity index (χ3v) is 5.01. The third-order valence-electron chi connectivity index (χ3n) is 5.01. The second-order valence-electron chi connectivity index (χ2n) is 7.58. The number of hydrogen-bond donors (Lipinski definition) is 1. The molecule has 1 N–H and O–H groups in total. The van der Waals surface area contributed by atoms with Crippen LogP contribution in [-0.4, -0.2) is 34.4 Å². The van der Waals surface area contributed by atoms with E-state index in [1.807, 2.05) is 27.7 Å². The van der Waals surface area contributed by atoms with Gasteiger partial charge in [0.1, 0.15) is 0 Å². The first kappa shape index (κ1) is 21.6. The summed E-state index contributed by atoms with van der Waals surface area (Å²) in [5.74, 6) is 0. The van der Waals surface area contributed by atoms with E-state index in [0.29, 0.717) is 12.6 Å². The normalized spacial score (nSPS) is 20.1. The van der Waals surface area contributed by atoms with E-state index >= 15 is 0 Å². The van der Waals surface area contributed by atoms with Crippen LogP contribution >= 0.6 is 0 Å². The minimum atomic E-state index is -0.769. The monoisotopic (exact) mass is 369 g/mol. The van der Waals surface area contributed by atoms with Crippen LogP contribution in [0.2, 0.25) is 0 Å². The minimum absolute atomic E-state index is 0.0703. The van der Waals surface area contributed by atoms with E-state index in [-0.39, 0.29) is 6.10 Å².